The molecular weight excluding hydrogens is 328 g/mol. The van der Waals surface area contributed by atoms with Crippen molar-refractivity contribution in [3.05, 3.63) is 47.9 Å². The fourth-order valence-corrected chi connectivity index (χ4v) is 2.82. The van der Waals surface area contributed by atoms with E-state index in [-0.39, 0.29) is 5.91 Å². The number of hydrogen-bond donors (Lipinski definition) is 2. The molecule has 0 aliphatic heterocycles. The van der Waals surface area contributed by atoms with E-state index in [1.54, 1.807) is 10.9 Å². The molecule has 1 amide bonds. The first-order valence-electron chi connectivity index (χ1n) is 8.82. The molecule has 0 aliphatic carbocycles. The van der Waals surface area contributed by atoms with Gasteiger partial charge in [-0.05, 0) is 44.0 Å². The van der Waals surface area contributed by atoms with Crippen LogP contribution in [0.25, 0.3) is 16.6 Å². The average Bonchev–Trinajstić information content (AvgIpc) is 3.07. The topological polar surface area (TPSA) is 98.7 Å². The molecule has 0 saturated heterocycles. The zero-order valence-corrected chi connectivity index (χ0v) is 15.4. The lowest BCUT2D eigenvalue weighted by Crippen LogP contribution is -2.49. The molecule has 0 unspecified atom stereocenters. The minimum atomic E-state index is -0.398. The van der Waals surface area contributed by atoms with E-state index in [0.717, 1.165) is 29.4 Å². The van der Waals surface area contributed by atoms with Crippen molar-refractivity contribution >= 4 is 16.8 Å². The summed E-state index contributed by atoms with van der Waals surface area (Å²) in [4.78, 5) is 16.8. The minimum Gasteiger partial charge on any atom is -0.349 e. The zero-order chi connectivity index (χ0) is 18.7. The fourth-order valence-electron chi connectivity index (χ4n) is 2.82. The van der Waals surface area contributed by atoms with Crippen molar-refractivity contribution in [3.63, 3.8) is 0 Å². The van der Waals surface area contributed by atoms with Gasteiger partial charge in [-0.25, -0.2) is 4.68 Å². The van der Waals surface area contributed by atoms with E-state index in [1.165, 1.54) is 0 Å². The normalized spacial score (nSPS) is 11.7. The fraction of sp³-hybridized carbons (Fsp3) is 0.368. The van der Waals surface area contributed by atoms with Gasteiger partial charge in [0, 0.05) is 23.7 Å². The number of rotatable bonds is 6. The summed E-state index contributed by atoms with van der Waals surface area (Å²) in [5.41, 5.74) is 8.59. The van der Waals surface area contributed by atoms with Crippen LogP contribution >= 0.6 is 0 Å². The lowest BCUT2D eigenvalue weighted by atomic mass is 9.94. The van der Waals surface area contributed by atoms with Gasteiger partial charge in [-0.1, -0.05) is 25.1 Å². The number of hydrogen-bond acceptors (Lipinski definition) is 5. The van der Waals surface area contributed by atoms with Crippen molar-refractivity contribution < 1.29 is 4.79 Å². The lowest BCUT2D eigenvalue weighted by Gasteiger charge is -2.26. The Labute approximate surface area is 152 Å². The maximum absolute atomic E-state index is 12.5. The van der Waals surface area contributed by atoms with E-state index in [1.807, 2.05) is 51.1 Å². The molecule has 2 heterocycles. The molecule has 136 valence electrons. The van der Waals surface area contributed by atoms with Gasteiger partial charge in [-0.2, -0.15) is 0 Å². The Morgan fingerprint density at radius 3 is 2.77 bits per heavy atom. The summed E-state index contributed by atoms with van der Waals surface area (Å²) in [5, 5.41) is 12.1. The van der Waals surface area contributed by atoms with Crippen LogP contribution in [-0.2, 0) is 0 Å². The smallest absolute Gasteiger partial charge is 0.273 e. The van der Waals surface area contributed by atoms with Crippen molar-refractivity contribution in [2.24, 2.45) is 5.73 Å². The molecular formula is C19H24N6O. The van der Waals surface area contributed by atoms with Crippen molar-refractivity contribution in [2.75, 3.05) is 6.54 Å². The first kappa shape index (κ1) is 18.0. The number of nitrogens with two attached hydrogens (primary N) is 1. The van der Waals surface area contributed by atoms with Crippen molar-refractivity contribution in [1.29, 1.82) is 0 Å². The Bertz CT molecular complexity index is 929. The highest BCUT2D eigenvalue weighted by Crippen LogP contribution is 2.18. The van der Waals surface area contributed by atoms with Gasteiger partial charge in [0.25, 0.3) is 5.91 Å². The summed E-state index contributed by atoms with van der Waals surface area (Å²) < 4.78 is 1.66. The van der Waals surface area contributed by atoms with Crippen LogP contribution < -0.4 is 11.1 Å². The number of aromatic nitrogens is 4. The predicted octanol–water partition coefficient (Wildman–Crippen LogP) is 2.37. The van der Waals surface area contributed by atoms with Gasteiger partial charge in [0.05, 0.1) is 16.9 Å². The molecule has 0 atom stereocenters. The summed E-state index contributed by atoms with van der Waals surface area (Å²) >= 11 is 0. The highest BCUT2D eigenvalue weighted by Gasteiger charge is 2.23. The molecule has 3 N–H and O–H groups in total. The summed E-state index contributed by atoms with van der Waals surface area (Å²) in [5.74, 6) is -0.257. The van der Waals surface area contributed by atoms with Crippen molar-refractivity contribution in [1.82, 2.24) is 25.3 Å². The molecule has 3 rings (SSSR count). The predicted molar refractivity (Wildman–Crippen MR) is 101 cm³/mol. The summed E-state index contributed by atoms with van der Waals surface area (Å²) in [6.45, 7) is 6.28. The molecule has 26 heavy (non-hydrogen) atoms. The number of fused-ring (bicyclic) bond motifs is 1. The molecule has 7 heteroatoms. The van der Waals surface area contributed by atoms with Crippen LogP contribution in [0.4, 0.5) is 0 Å². The first-order valence-corrected chi connectivity index (χ1v) is 8.82. The minimum absolute atomic E-state index is 0.257. The third-order valence-corrected chi connectivity index (χ3v) is 4.95. The van der Waals surface area contributed by atoms with Crippen LogP contribution in [0, 0.1) is 6.92 Å². The molecule has 0 bridgehead atoms. The molecule has 2 aromatic heterocycles. The second-order valence-electron chi connectivity index (χ2n) is 6.57. The Kier molecular flexibility index (Phi) is 4.99. The molecule has 0 aliphatic rings. The molecule has 1 aromatic carbocycles. The number of nitrogens with one attached hydrogen (secondary N) is 1. The van der Waals surface area contributed by atoms with E-state index < -0.39 is 5.54 Å². The lowest BCUT2D eigenvalue weighted by molar-refractivity contribution is 0.0936. The zero-order valence-electron chi connectivity index (χ0n) is 15.4. The molecule has 0 fully saturated rings. The Morgan fingerprint density at radius 1 is 1.27 bits per heavy atom. The van der Waals surface area contributed by atoms with Gasteiger partial charge >= 0.3 is 0 Å². The van der Waals surface area contributed by atoms with Gasteiger partial charge < -0.3 is 11.1 Å². The van der Waals surface area contributed by atoms with E-state index in [9.17, 15) is 4.79 Å². The molecule has 3 aromatic rings. The summed E-state index contributed by atoms with van der Waals surface area (Å²) in [7, 11) is 0. The van der Waals surface area contributed by atoms with Crippen LogP contribution in [0.15, 0.2) is 36.5 Å². The Morgan fingerprint density at radius 2 is 2.04 bits per heavy atom. The van der Waals surface area contributed by atoms with Gasteiger partial charge in [0.1, 0.15) is 0 Å². The van der Waals surface area contributed by atoms with Crippen LogP contribution in [0.1, 0.15) is 42.9 Å². The molecule has 0 saturated carbocycles. The van der Waals surface area contributed by atoms with Gasteiger partial charge in [-0.15, -0.1) is 5.10 Å². The van der Waals surface area contributed by atoms with Crippen molar-refractivity contribution in [3.8, 4) is 5.69 Å². The first-order chi connectivity index (χ1) is 12.5. The number of carbonyl (C=O) groups excluding carboxylic acids is 1. The number of amides is 1. The standard InChI is InChI=1S/C19H24N6O/c1-4-19(20,5-2)12-22-18(26)17-13(3)25(24-23-17)15-8-9-16-14(11-15)7-6-10-21-16/h6-11H,4-5,12,20H2,1-3H3,(H,22,26). The number of carbonyl (C=O) groups is 1. The van der Waals surface area contributed by atoms with Crippen LogP contribution in [0.2, 0.25) is 0 Å². The molecule has 0 spiro atoms. The Hall–Kier alpha value is -2.80. The highest BCUT2D eigenvalue weighted by atomic mass is 16.2. The second-order valence-corrected chi connectivity index (χ2v) is 6.57. The SMILES string of the molecule is CCC(N)(CC)CNC(=O)c1nnn(-c2ccc3ncccc3c2)c1C. The van der Waals surface area contributed by atoms with Crippen LogP contribution in [0.5, 0.6) is 0 Å². The van der Waals surface area contributed by atoms with E-state index >= 15 is 0 Å². The monoisotopic (exact) mass is 352 g/mol. The maximum Gasteiger partial charge on any atom is 0.273 e. The van der Waals surface area contributed by atoms with E-state index in [4.69, 9.17) is 5.73 Å². The van der Waals surface area contributed by atoms with Gasteiger partial charge in [-0.3, -0.25) is 9.78 Å². The third-order valence-electron chi connectivity index (χ3n) is 4.95. The Balaban J connectivity index is 1.83. The maximum atomic E-state index is 12.5. The third kappa shape index (κ3) is 3.43. The second kappa shape index (κ2) is 7.21. The van der Waals surface area contributed by atoms with Crippen molar-refractivity contribution in [2.45, 2.75) is 39.2 Å². The van der Waals surface area contributed by atoms with Gasteiger partial charge in [0.15, 0.2) is 5.69 Å². The number of pyridine rings is 1. The largest absolute Gasteiger partial charge is 0.349 e. The van der Waals surface area contributed by atoms with Crippen LogP contribution in [0.3, 0.4) is 0 Å². The van der Waals surface area contributed by atoms with E-state index in [2.05, 4.69) is 20.6 Å². The molecule has 0 radical (unpaired) electrons. The van der Waals surface area contributed by atoms with E-state index in [0.29, 0.717) is 17.9 Å². The average molecular weight is 352 g/mol. The summed E-state index contributed by atoms with van der Waals surface area (Å²) in [6.07, 6.45) is 3.34. The van der Waals surface area contributed by atoms with Gasteiger partial charge in [0.2, 0.25) is 0 Å². The number of benzene rings is 1. The summed E-state index contributed by atoms with van der Waals surface area (Å²) in [6, 6.07) is 9.70. The van der Waals surface area contributed by atoms with Crippen LogP contribution in [-0.4, -0.2) is 38.0 Å². The highest BCUT2D eigenvalue weighted by molar-refractivity contribution is 5.93. The quantitative estimate of drug-likeness (QED) is 0.709. The number of nitrogens with zero attached hydrogens (tertiary/aromatic N) is 4. The molecule has 7 nitrogen and oxygen atoms in total.